The van der Waals surface area contributed by atoms with E-state index < -0.39 is 17.3 Å². The molecular weight excluding hydrogens is 448 g/mol. The number of hydrogen-bond acceptors (Lipinski definition) is 5. The molecule has 0 unspecified atom stereocenters. The van der Waals surface area contributed by atoms with E-state index in [1.807, 2.05) is 38.1 Å². The van der Waals surface area contributed by atoms with Gasteiger partial charge in [0.15, 0.2) is 17.0 Å². The van der Waals surface area contributed by atoms with Crippen molar-refractivity contribution in [2.45, 2.75) is 26.2 Å². The highest BCUT2D eigenvalue weighted by Crippen LogP contribution is 2.54. The quantitative estimate of drug-likeness (QED) is 0.384. The third-order valence-corrected chi connectivity index (χ3v) is 6.91. The zero-order chi connectivity index (χ0) is 25.9. The highest BCUT2D eigenvalue weighted by Gasteiger charge is 2.54. The van der Waals surface area contributed by atoms with Gasteiger partial charge in [-0.05, 0) is 31.5 Å². The van der Waals surface area contributed by atoms with Crippen molar-refractivity contribution in [3.63, 3.8) is 0 Å². The number of hydrogen-bond donors (Lipinski definition) is 0. The lowest BCUT2D eigenvalue weighted by molar-refractivity contribution is 0.0955. The molecule has 0 bridgehead atoms. The molecule has 0 aromatic heterocycles. The van der Waals surface area contributed by atoms with Gasteiger partial charge in [0.25, 0.3) is 0 Å². The van der Waals surface area contributed by atoms with Gasteiger partial charge in [0.2, 0.25) is 0 Å². The smallest absolute Gasteiger partial charge is 0.189 e. The Kier molecular flexibility index (Phi) is 6.86. The summed E-state index contributed by atoms with van der Waals surface area (Å²) in [5, 5.41) is 20.8. The number of ether oxygens (including phenoxy) is 1. The summed E-state index contributed by atoms with van der Waals surface area (Å²) in [5.74, 6) is -1.38. The highest BCUT2D eigenvalue weighted by atomic mass is 16.5. The van der Waals surface area contributed by atoms with Gasteiger partial charge in [-0.2, -0.15) is 10.5 Å². The number of benzene rings is 3. The van der Waals surface area contributed by atoms with Crippen molar-refractivity contribution in [1.82, 2.24) is 0 Å². The van der Waals surface area contributed by atoms with Crippen LogP contribution in [0.1, 0.15) is 49.7 Å². The van der Waals surface area contributed by atoms with Crippen LogP contribution in [0.5, 0.6) is 5.75 Å². The van der Waals surface area contributed by atoms with Crippen molar-refractivity contribution in [2.75, 3.05) is 7.11 Å². The Morgan fingerprint density at radius 3 is 1.86 bits per heavy atom. The Hall–Kier alpha value is -4.48. The summed E-state index contributed by atoms with van der Waals surface area (Å²) >= 11 is 0. The van der Waals surface area contributed by atoms with Gasteiger partial charge in [0, 0.05) is 35.0 Å². The van der Waals surface area contributed by atoms with E-state index in [4.69, 9.17) is 4.74 Å². The second-order valence-corrected chi connectivity index (χ2v) is 9.22. The van der Waals surface area contributed by atoms with E-state index in [1.165, 1.54) is 0 Å². The first-order valence-corrected chi connectivity index (χ1v) is 11.7. The number of ketones is 2. The molecule has 4 rings (SSSR count). The molecular formula is C31H26N2O3. The molecule has 0 radical (unpaired) electrons. The summed E-state index contributed by atoms with van der Waals surface area (Å²) in [7, 11) is 1.55. The van der Waals surface area contributed by atoms with Crippen LogP contribution in [0.2, 0.25) is 0 Å². The van der Waals surface area contributed by atoms with E-state index in [1.54, 1.807) is 61.7 Å². The summed E-state index contributed by atoms with van der Waals surface area (Å²) in [4.78, 5) is 26.9. The van der Waals surface area contributed by atoms with Crippen LogP contribution in [0.25, 0.3) is 0 Å². The van der Waals surface area contributed by atoms with Gasteiger partial charge in [-0.25, -0.2) is 0 Å². The fraction of sp³-hybridized carbons (Fsp3) is 0.226. The molecule has 1 aliphatic carbocycles. The molecule has 36 heavy (non-hydrogen) atoms. The van der Waals surface area contributed by atoms with E-state index in [0.29, 0.717) is 28.0 Å². The number of carbonyl (C=O) groups excluding carboxylic acids is 2. The van der Waals surface area contributed by atoms with Crippen molar-refractivity contribution < 1.29 is 14.3 Å². The molecule has 0 saturated carbocycles. The molecule has 0 amide bonds. The second kappa shape index (κ2) is 10.0. The zero-order valence-corrected chi connectivity index (χ0v) is 20.5. The Balaban J connectivity index is 1.82. The van der Waals surface area contributed by atoms with Crippen LogP contribution in [0.3, 0.4) is 0 Å². The highest BCUT2D eigenvalue weighted by molar-refractivity contribution is 6.10. The van der Waals surface area contributed by atoms with Gasteiger partial charge in [0.1, 0.15) is 5.75 Å². The van der Waals surface area contributed by atoms with Crippen molar-refractivity contribution >= 4 is 11.6 Å². The van der Waals surface area contributed by atoms with E-state index in [2.05, 4.69) is 12.1 Å². The molecule has 3 aromatic carbocycles. The van der Waals surface area contributed by atoms with Crippen LogP contribution in [-0.4, -0.2) is 18.7 Å². The lowest BCUT2D eigenvalue weighted by Crippen LogP contribution is -2.32. The average Bonchev–Trinajstić information content (AvgIpc) is 3.23. The van der Waals surface area contributed by atoms with Crippen LogP contribution in [0, 0.1) is 47.8 Å². The van der Waals surface area contributed by atoms with Crippen molar-refractivity contribution in [1.29, 1.82) is 10.5 Å². The van der Waals surface area contributed by atoms with Crippen molar-refractivity contribution in [3.05, 3.63) is 112 Å². The van der Waals surface area contributed by atoms with Gasteiger partial charge in [-0.3, -0.25) is 9.59 Å². The van der Waals surface area contributed by atoms with Gasteiger partial charge >= 0.3 is 0 Å². The first-order valence-electron chi connectivity index (χ1n) is 11.7. The second-order valence-electron chi connectivity index (χ2n) is 9.22. The van der Waals surface area contributed by atoms with Crippen LogP contribution in [-0.2, 0) is 0 Å². The molecule has 1 aliphatic rings. The van der Waals surface area contributed by atoms with Crippen molar-refractivity contribution in [2.24, 2.45) is 11.3 Å². The summed E-state index contributed by atoms with van der Waals surface area (Å²) in [6.07, 6.45) is 1.62. The van der Waals surface area contributed by atoms with E-state index in [0.717, 1.165) is 11.1 Å². The molecule has 3 aromatic rings. The Morgan fingerprint density at radius 2 is 1.36 bits per heavy atom. The fourth-order valence-corrected chi connectivity index (χ4v) is 4.82. The number of Topliss-reactive ketones (excluding diaryl/α,β-unsaturated/α-hetero) is 2. The summed E-state index contributed by atoms with van der Waals surface area (Å²) < 4.78 is 5.27. The number of rotatable bonds is 7. The molecule has 5 nitrogen and oxygen atoms in total. The number of methoxy groups -OCH3 is 1. The van der Waals surface area contributed by atoms with Gasteiger partial charge in [-0.15, -0.1) is 0 Å². The van der Waals surface area contributed by atoms with Crippen LogP contribution in [0.15, 0.2) is 84.4 Å². The molecule has 0 N–H and O–H groups in total. The van der Waals surface area contributed by atoms with Gasteiger partial charge < -0.3 is 4.74 Å². The number of nitriles is 2. The standard InChI is InChI=1S/C31H26N2O3/c1-20-4-8-22(9-5-20)28(34)17-25-16-27(30(35)24-10-6-21(2)7-11-24)29(31(25,18-32)19-33)23-12-14-26(36-3)15-13-23/h4-16,25,29H,17H2,1-3H3/t25-,29+/m1/s1. The molecule has 0 spiro atoms. The maximum absolute atomic E-state index is 13.7. The van der Waals surface area contributed by atoms with E-state index >= 15 is 0 Å². The first kappa shape index (κ1) is 24.6. The van der Waals surface area contributed by atoms with E-state index in [-0.39, 0.29) is 18.0 Å². The van der Waals surface area contributed by atoms with Crippen LogP contribution in [0.4, 0.5) is 0 Å². The summed E-state index contributed by atoms with van der Waals surface area (Å²) in [6.45, 7) is 3.87. The third kappa shape index (κ3) is 4.44. The Bertz CT molecular complexity index is 1390. The average molecular weight is 475 g/mol. The number of carbonyl (C=O) groups is 2. The Labute approximate surface area is 211 Å². The first-order chi connectivity index (χ1) is 17.3. The minimum absolute atomic E-state index is 0.0541. The lowest BCUT2D eigenvalue weighted by atomic mass is 9.67. The SMILES string of the molecule is COc1ccc([C@H]2C(C(=O)c3ccc(C)cc3)=C[C@H](CC(=O)c3ccc(C)cc3)C2(C#N)C#N)cc1. The maximum Gasteiger partial charge on any atom is 0.189 e. The molecule has 0 aliphatic heterocycles. The monoisotopic (exact) mass is 474 g/mol. The number of aryl methyl sites for hydroxylation is 2. The molecule has 178 valence electrons. The molecule has 2 atom stereocenters. The van der Waals surface area contributed by atoms with Gasteiger partial charge in [0.05, 0.1) is 19.2 Å². The lowest BCUT2D eigenvalue weighted by Gasteiger charge is -2.29. The maximum atomic E-state index is 13.7. The molecule has 5 heteroatoms. The third-order valence-electron chi connectivity index (χ3n) is 6.91. The van der Waals surface area contributed by atoms with Crippen molar-refractivity contribution in [3.8, 4) is 17.9 Å². The molecule has 0 saturated heterocycles. The van der Waals surface area contributed by atoms with Gasteiger partial charge in [-0.1, -0.05) is 77.9 Å². The Morgan fingerprint density at radius 1 is 0.833 bits per heavy atom. The van der Waals surface area contributed by atoms with Crippen LogP contribution < -0.4 is 4.74 Å². The topological polar surface area (TPSA) is 90.9 Å². The fourth-order valence-electron chi connectivity index (χ4n) is 4.82. The minimum atomic E-state index is -1.62. The summed E-state index contributed by atoms with van der Waals surface area (Å²) in [6, 6.07) is 25.9. The number of allylic oxidation sites excluding steroid dienone is 2. The minimum Gasteiger partial charge on any atom is -0.497 e. The molecule has 0 fully saturated rings. The zero-order valence-electron chi connectivity index (χ0n) is 20.5. The largest absolute Gasteiger partial charge is 0.497 e. The number of nitrogens with zero attached hydrogens (tertiary/aromatic N) is 2. The predicted octanol–water partition coefficient (Wildman–Crippen LogP) is 6.14. The molecule has 0 heterocycles. The van der Waals surface area contributed by atoms with Crippen LogP contribution >= 0.6 is 0 Å². The predicted molar refractivity (Wildman–Crippen MR) is 137 cm³/mol. The van der Waals surface area contributed by atoms with E-state index in [9.17, 15) is 20.1 Å². The summed E-state index contributed by atoms with van der Waals surface area (Å²) in [5.41, 5.74) is 2.42. The normalized spacial score (nSPS) is 18.0.